The second-order valence-corrected chi connectivity index (χ2v) is 7.51. The maximum atomic E-state index is 6.43. The minimum Gasteiger partial charge on any atom is -0.302 e. The van der Waals surface area contributed by atoms with E-state index in [-0.39, 0.29) is 0 Å². The quantitative estimate of drug-likeness (QED) is 0.648. The van der Waals surface area contributed by atoms with Crippen LogP contribution in [0.4, 0.5) is 5.69 Å². The molecule has 3 aromatic rings. The Kier molecular flexibility index (Phi) is 6.03. The van der Waals surface area contributed by atoms with Crippen molar-refractivity contribution in [1.82, 2.24) is 25.3 Å². The lowest BCUT2D eigenvalue weighted by atomic mass is 10.1. The highest BCUT2D eigenvalue weighted by Crippen LogP contribution is 2.29. The van der Waals surface area contributed by atoms with Crippen molar-refractivity contribution in [2.75, 3.05) is 25.1 Å². The maximum Gasteiger partial charge on any atom is 0.0761 e. The molecular formula is C22H23ClN6. The van der Waals surface area contributed by atoms with Gasteiger partial charge in [-0.25, -0.2) is 0 Å². The van der Waals surface area contributed by atoms with Gasteiger partial charge in [-0.05, 0) is 36.9 Å². The smallest absolute Gasteiger partial charge is 0.0761 e. The normalized spacial score (nSPS) is 13.8. The second-order valence-electron chi connectivity index (χ2n) is 7.10. The molecule has 0 amide bonds. The molecule has 1 aromatic carbocycles. The number of pyridine rings is 1. The molecule has 0 bridgehead atoms. The number of anilines is 1. The fourth-order valence-corrected chi connectivity index (χ4v) is 3.68. The van der Waals surface area contributed by atoms with E-state index in [1.54, 1.807) is 12.4 Å². The van der Waals surface area contributed by atoms with Gasteiger partial charge in [-0.15, -0.1) is 0 Å². The molecule has 148 valence electrons. The van der Waals surface area contributed by atoms with Gasteiger partial charge in [-0.3, -0.25) is 24.9 Å². The van der Waals surface area contributed by atoms with Gasteiger partial charge in [0, 0.05) is 50.0 Å². The number of hydrogen-bond donors (Lipinski definition) is 1. The van der Waals surface area contributed by atoms with Crippen molar-refractivity contribution in [3.8, 4) is 0 Å². The second kappa shape index (κ2) is 9.03. The number of para-hydroxylation sites is 1. The van der Waals surface area contributed by atoms with E-state index < -0.39 is 0 Å². The zero-order valence-electron chi connectivity index (χ0n) is 16.3. The predicted molar refractivity (Wildman–Crippen MR) is 115 cm³/mol. The maximum absolute atomic E-state index is 6.43. The Bertz CT molecular complexity index is 977. The Hall–Kier alpha value is -2.96. The van der Waals surface area contributed by atoms with E-state index in [4.69, 9.17) is 11.6 Å². The molecule has 1 N–H and O–H groups in total. The fraction of sp³-hybridized carbons (Fsp3) is 0.227. The lowest BCUT2D eigenvalue weighted by Crippen LogP contribution is -2.33. The van der Waals surface area contributed by atoms with E-state index in [0.29, 0.717) is 6.42 Å². The van der Waals surface area contributed by atoms with Gasteiger partial charge in [-0.1, -0.05) is 29.8 Å². The van der Waals surface area contributed by atoms with Crippen LogP contribution in [0.1, 0.15) is 11.4 Å². The molecule has 0 aliphatic carbocycles. The molecule has 0 spiro atoms. The van der Waals surface area contributed by atoms with Crippen molar-refractivity contribution in [1.29, 1.82) is 0 Å². The molecule has 2 aromatic heterocycles. The molecular weight excluding hydrogens is 384 g/mol. The number of benzene rings is 1. The van der Waals surface area contributed by atoms with Gasteiger partial charge in [-0.2, -0.15) is 0 Å². The van der Waals surface area contributed by atoms with Crippen LogP contribution in [0.5, 0.6) is 0 Å². The molecule has 4 rings (SSSR count). The van der Waals surface area contributed by atoms with Crippen LogP contribution in [0.25, 0.3) is 0 Å². The lowest BCUT2D eigenvalue weighted by Gasteiger charge is -2.22. The molecule has 3 heterocycles. The number of hydrogen-bond acceptors (Lipinski definition) is 6. The summed E-state index contributed by atoms with van der Waals surface area (Å²) < 4.78 is 0. The number of nitrogens with one attached hydrogen (secondary N) is 1. The summed E-state index contributed by atoms with van der Waals surface area (Å²) in [5, 5.41) is 2.82. The van der Waals surface area contributed by atoms with Gasteiger partial charge in [0.25, 0.3) is 0 Å². The van der Waals surface area contributed by atoms with E-state index in [1.807, 2.05) is 54.9 Å². The van der Waals surface area contributed by atoms with Crippen molar-refractivity contribution in [2.45, 2.75) is 13.0 Å². The molecule has 0 fully saturated rings. The summed E-state index contributed by atoms with van der Waals surface area (Å²) in [4.78, 5) is 15.3. The van der Waals surface area contributed by atoms with Crippen LogP contribution in [0, 0.1) is 0 Å². The highest BCUT2D eigenvalue weighted by molar-refractivity contribution is 6.33. The van der Waals surface area contributed by atoms with Gasteiger partial charge < -0.3 is 5.43 Å². The van der Waals surface area contributed by atoms with E-state index >= 15 is 0 Å². The first-order valence-electron chi connectivity index (χ1n) is 9.52. The summed E-state index contributed by atoms with van der Waals surface area (Å²) in [6.45, 7) is 2.36. The predicted octanol–water partition coefficient (Wildman–Crippen LogP) is 3.48. The summed E-state index contributed by atoms with van der Waals surface area (Å²) in [6.07, 6.45) is 7.75. The lowest BCUT2D eigenvalue weighted by molar-refractivity contribution is 0.349. The van der Waals surface area contributed by atoms with Gasteiger partial charge >= 0.3 is 0 Å². The van der Waals surface area contributed by atoms with Crippen LogP contribution in [-0.2, 0) is 13.0 Å². The summed E-state index contributed by atoms with van der Waals surface area (Å²) in [6, 6.07) is 13.9. The summed E-state index contributed by atoms with van der Waals surface area (Å²) in [5.74, 6) is 0. The van der Waals surface area contributed by atoms with Crippen molar-refractivity contribution < 1.29 is 0 Å². The third-order valence-electron chi connectivity index (χ3n) is 4.78. The monoisotopic (exact) mass is 406 g/mol. The highest BCUT2D eigenvalue weighted by Gasteiger charge is 2.24. The first-order chi connectivity index (χ1) is 14.2. The zero-order valence-corrected chi connectivity index (χ0v) is 17.0. The average molecular weight is 407 g/mol. The number of rotatable bonds is 7. The van der Waals surface area contributed by atoms with Crippen LogP contribution in [0.15, 0.2) is 78.5 Å². The Labute approximate surface area is 175 Å². The van der Waals surface area contributed by atoms with E-state index in [1.165, 1.54) is 5.57 Å². The number of allylic oxidation sites excluding steroid dienone is 1. The van der Waals surface area contributed by atoms with Crippen LogP contribution < -0.4 is 10.4 Å². The first-order valence-corrected chi connectivity index (χ1v) is 9.90. The molecule has 0 unspecified atom stereocenters. The van der Waals surface area contributed by atoms with E-state index in [9.17, 15) is 0 Å². The Morgan fingerprint density at radius 2 is 1.83 bits per heavy atom. The zero-order chi connectivity index (χ0) is 20.1. The van der Waals surface area contributed by atoms with Crippen LogP contribution in [0.3, 0.4) is 0 Å². The fourth-order valence-electron chi connectivity index (χ4n) is 3.45. The number of hydrazine groups is 1. The molecule has 0 saturated heterocycles. The summed E-state index contributed by atoms with van der Waals surface area (Å²) in [7, 11) is 2.11. The topological polar surface area (TPSA) is 57.2 Å². The summed E-state index contributed by atoms with van der Waals surface area (Å²) in [5.41, 5.74) is 8.92. The van der Waals surface area contributed by atoms with Gasteiger partial charge in [0.15, 0.2) is 0 Å². The highest BCUT2D eigenvalue weighted by atomic mass is 35.5. The molecule has 1 aliphatic rings. The van der Waals surface area contributed by atoms with Gasteiger partial charge in [0.2, 0.25) is 0 Å². The third-order valence-corrected chi connectivity index (χ3v) is 5.10. The van der Waals surface area contributed by atoms with E-state index in [0.717, 1.165) is 47.4 Å². The number of nitrogens with zero attached hydrogens (tertiary/aromatic N) is 5. The SMILES string of the molecule is CN(CC1=C(Cc2cnccn2)NN(c2ccccc2Cl)C1)Cc1ccccn1. The van der Waals surface area contributed by atoms with Gasteiger partial charge in [0.05, 0.1) is 28.6 Å². The number of aromatic nitrogens is 3. The molecule has 0 radical (unpaired) electrons. The molecule has 1 aliphatic heterocycles. The molecule has 0 atom stereocenters. The molecule has 6 nitrogen and oxygen atoms in total. The Morgan fingerprint density at radius 3 is 2.59 bits per heavy atom. The minimum atomic E-state index is 0.696. The molecule has 7 heteroatoms. The average Bonchev–Trinajstić information content (AvgIpc) is 3.11. The third kappa shape index (κ3) is 4.91. The van der Waals surface area contributed by atoms with Crippen LogP contribution >= 0.6 is 11.6 Å². The largest absolute Gasteiger partial charge is 0.302 e. The van der Waals surface area contributed by atoms with Crippen molar-refractivity contribution in [3.05, 3.63) is 94.9 Å². The number of likely N-dealkylation sites (N-methyl/N-ethyl adjacent to an activating group) is 1. The van der Waals surface area contributed by atoms with Crippen LogP contribution in [0.2, 0.25) is 5.02 Å². The van der Waals surface area contributed by atoms with Gasteiger partial charge in [0.1, 0.15) is 0 Å². The Balaban J connectivity index is 1.53. The molecule has 0 saturated carbocycles. The minimum absolute atomic E-state index is 0.696. The van der Waals surface area contributed by atoms with E-state index in [2.05, 4.69) is 37.3 Å². The molecule has 29 heavy (non-hydrogen) atoms. The van der Waals surface area contributed by atoms with Crippen molar-refractivity contribution in [2.24, 2.45) is 0 Å². The Morgan fingerprint density at radius 1 is 1.00 bits per heavy atom. The van der Waals surface area contributed by atoms with Crippen molar-refractivity contribution in [3.63, 3.8) is 0 Å². The van der Waals surface area contributed by atoms with Crippen LogP contribution in [-0.4, -0.2) is 40.0 Å². The standard InChI is InChI=1S/C22H23ClN6/c1-28(16-18-6-4-5-9-25-18)14-17-15-29(22-8-3-2-7-20(22)23)27-21(17)12-19-13-24-10-11-26-19/h2-11,13,27H,12,14-16H2,1H3. The summed E-state index contributed by atoms with van der Waals surface area (Å²) >= 11 is 6.43. The first kappa shape index (κ1) is 19.4. The van der Waals surface area contributed by atoms with Crippen molar-refractivity contribution >= 4 is 17.3 Å². The number of halogens is 1.